The molecule has 4 aromatic rings. The lowest BCUT2D eigenvalue weighted by molar-refractivity contribution is 0.297. The van der Waals surface area contributed by atoms with Gasteiger partial charge in [-0.25, -0.2) is 4.98 Å². The van der Waals surface area contributed by atoms with Crippen LogP contribution in [-0.2, 0) is 6.54 Å². The average Bonchev–Trinajstić information content (AvgIpc) is 2.71. The summed E-state index contributed by atoms with van der Waals surface area (Å²) in [6, 6.07) is 23.5. The van der Waals surface area contributed by atoms with Gasteiger partial charge in [-0.15, -0.1) is 0 Å². The van der Waals surface area contributed by atoms with E-state index in [4.69, 9.17) is 4.74 Å². The van der Waals surface area contributed by atoms with Crippen molar-refractivity contribution in [2.45, 2.75) is 6.54 Å². The van der Waals surface area contributed by atoms with Crippen LogP contribution in [-0.4, -0.2) is 21.3 Å². The van der Waals surface area contributed by atoms with Crippen LogP contribution in [0.4, 0.5) is 0 Å². The van der Waals surface area contributed by atoms with Crippen molar-refractivity contribution in [1.29, 1.82) is 0 Å². The van der Waals surface area contributed by atoms with Gasteiger partial charge in [-0.3, -0.25) is 9.36 Å². The first kappa shape index (κ1) is 16.8. The van der Waals surface area contributed by atoms with Crippen molar-refractivity contribution in [3.05, 3.63) is 89.2 Å². The van der Waals surface area contributed by atoms with Gasteiger partial charge in [-0.2, -0.15) is 0 Å². The number of nitrogens with zero attached hydrogens (tertiary/aromatic N) is 2. The van der Waals surface area contributed by atoms with Crippen LogP contribution in [0.1, 0.15) is 0 Å². The second-order valence-corrected chi connectivity index (χ2v) is 6.09. The zero-order valence-electron chi connectivity index (χ0n) is 14.6. The molecule has 0 radical (unpaired) electrons. The summed E-state index contributed by atoms with van der Waals surface area (Å²) in [6.45, 7) is 0.625. The molecule has 0 fully saturated rings. The molecule has 5 nitrogen and oxygen atoms in total. The standard InChI is InChI=1S/C22H18N2O3/c25-20-13-7-5-11-18(20)21-23-19-12-6-4-10-17(19)22(26)24(21)14-15-27-16-8-2-1-3-9-16/h1-13,25H,14-15H2. The summed E-state index contributed by atoms with van der Waals surface area (Å²) in [4.78, 5) is 17.7. The van der Waals surface area contributed by atoms with Crippen LogP contribution in [0.3, 0.4) is 0 Å². The van der Waals surface area contributed by atoms with E-state index in [1.54, 1.807) is 41.0 Å². The predicted octanol–water partition coefficient (Wildman–Crippen LogP) is 3.85. The molecule has 1 heterocycles. The molecule has 134 valence electrons. The zero-order chi connectivity index (χ0) is 18.6. The molecule has 27 heavy (non-hydrogen) atoms. The molecule has 0 aliphatic heterocycles. The van der Waals surface area contributed by atoms with Gasteiger partial charge in [0.25, 0.3) is 5.56 Å². The van der Waals surface area contributed by atoms with Gasteiger partial charge < -0.3 is 9.84 Å². The number of aromatic hydroxyl groups is 1. The Hall–Kier alpha value is -3.60. The largest absolute Gasteiger partial charge is 0.507 e. The number of aromatic nitrogens is 2. The number of ether oxygens (including phenoxy) is 1. The molecule has 0 bridgehead atoms. The van der Waals surface area contributed by atoms with Crippen LogP contribution < -0.4 is 10.3 Å². The minimum Gasteiger partial charge on any atom is -0.507 e. The third-order valence-corrected chi connectivity index (χ3v) is 4.33. The SMILES string of the molecule is O=c1c2ccccc2nc(-c2ccccc2O)n1CCOc1ccccc1. The Morgan fingerprint density at radius 1 is 0.889 bits per heavy atom. The Labute approximate surface area is 156 Å². The minimum absolute atomic E-state index is 0.0809. The number of benzene rings is 3. The molecule has 0 aliphatic carbocycles. The van der Waals surface area contributed by atoms with Gasteiger partial charge in [-0.1, -0.05) is 42.5 Å². The number of phenols is 1. The molecule has 0 saturated carbocycles. The van der Waals surface area contributed by atoms with Crippen molar-refractivity contribution >= 4 is 10.9 Å². The minimum atomic E-state index is -0.157. The summed E-state index contributed by atoms with van der Waals surface area (Å²) in [5.74, 6) is 1.24. The number of fused-ring (bicyclic) bond motifs is 1. The number of para-hydroxylation sites is 3. The van der Waals surface area contributed by atoms with Crippen molar-refractivity contribution in [2.75, 3.05) is 6.61 Å². The van der Waals surface area contributed by atoms with Gasteiger partial charge >= 0.3 is 0 Å². The summed E-state index contributed by atoms with van der Waals surface area (Å²) in [5.41, 5.74) is 0.955. The Bertz CT molecular complexity index is 1140. The number of phenolic OH excluding ortho intramolecular Hbond substituents is 1. The Kier molecular flexibility index (Phi) is 4.58. The van der Waals surface area contributed by atoms with Gasteiger partial charge in [-0.05, 0) is 36.4 Å². The Morgan fingerprint density at radius 2 is 1.59 bits per heavy atom. The van der Waals surface area contributed by atoms with Crippen LogP contribution in [0, 0.1) is 0 Å². The molecule has 0 atom stereocenters. The van der Waals surface area contributed by atoms with E-state index in [1.807, 2.05) is 42.5 Å². The smallest absolute Gasteiger partial charge is 0.261 e. The number of hydrogen-bond donors (Lipinski definition) is 1. The maximum Gasteiger partial charge on any atom is 0.261 e. The first-order chi connectivity index (χ1) is 13.2. The predicted molar refractivity (Wildman–Crippen MR) is 105 cm³/mol. The van der Waals surface area contributed by atoms with Crippen LogP contribution in [0.2, 0.25) is 0 Å². The fourth-order valence-corrected chi connectivity index (χ4v) is 3.02. The molecule has 0 spiro atoms. The normalized spacial score (nSPS) is 10.8. The van der Waals surface area contributed by atoms with Crippen LogP contribution >= 0.6 is 0 Å². The van der Waals surface area contributed by atoms with Crippen molar-refractivity contribution in [2.24, 2.45) is 0 Å². The van der Waals surface area contributed by atoms with E-state index in [0.29, 0.717) is 35.4 Å². The summed E-state index contributed by atoms with van der Waals surface area (Å²) < 4.78 is 7.30. The molecule has 3 aromatic carbocycles. The topological polar surface area (TPSA) is 64.3 Å². The van der Waals surface area contributed by atoms with E-state index in [-0.39, 0.29) is 11.3 Å². The molecule has 0 aliphatic rings. The highest BCUT2D eigenvalue weighted by atomic mass is 16.5. The first-order valence-electron chi connectivity index (χ1n) is 8.70. The molecule has 1 aromatic heterocycles. The maximum absolute atomic E-state index is 13.1. The first-order valence-corrected chi connectivity index (χ1v) is 8.70. The molecule has 0 saturated heterocycles. The van der Waals surface area contributed by atoms with Crippen LogP contribution in [0.15, 0.2) is 83.7 Å². The third kappa shape index (κ3) is 3.40. The molecule has 5 heteroatoms. The van der Waals surface area contributed by atoms with Gasteiger partial charge in [0.15, 0.2) is 0 Å². The fourth-order valence-electron chi connectivity index (χ4n) is 3.02. The zero-order valence-corrected chi connectivity index (χ0v) is 14.6. The maximum atomic E-state index is 13.1. The van der Waals surface area contributed by atoms with Crippen LogP contribution in [0.25, 0.3) is 22.3 Å². The van der Waals surface area contributed by atoms with Crippen molar-refractivity contribution in [3.63, 3.8) is 0 Å². The molecule has 0 unspecified atom stereocenters. The van der Waals surface area contributed by atoms with E-state index in [2.05, 4.69) is 4.98 Å². The average molecular weight is 358 g/mol. The fraction of sp³-hybridized carbons (Fsp3) is 0.0909. The second-order valence-electron chi connectivity index (χ2n) is 6.09. The third-order valence-electron chi connectivity index (χ3n) is 4.33. The Balaban J connectivity index is 1.77. The van der Waals surface area contributed by atoms with E-state index < -0.39 is 0 Å². The summed E-state index contributed by atoms with van der Waals surface area (Å²) >= 11 is 0. The van der Waals surface area contributed by atoms with Crippen molar-refractivity contribution in [3.8, 4) is 22.9 Å². The van der Waals surface area contributed by atoms with E-state index in [1.165, 1.54) is 0 Å². The highest BCUT2D eigenvalue weighted by molar-refractivity contribution is 5.80. The van der Waals surface area contributed by atoms with Gasteiger partial charge in [0.1, 0.15) is 23.9 Å². The number of rotatable bonds is 5. The number of hydrogen-bond acceptors (Lipinski definition) is 4. The summed E-state index contributed by atoms with van der Waals surface area (Å²) in [6.07, 6.45) is 0. The molecular weight excluding hydrogens is 340 g/mol. The Morgan fingerprint density at radius 3 is 2.41 bits per heavy atom. The van der Waals surface area contributed by atoms with Gasteiger partial charge in [0, 0.05) is 0 Å². The lowest BCUT2D eigenvalue weighted by Crippen LogP contribution is -2.26. The van der Waals surface area contributed by atoms with Crippen LogP contribution in [0.5, 0.6) is 11.5 Å². The van der Waals surface area contributed by atoms with Gasteiger partial charge in [0.05, 0.1) is 23.0 Å². The van der Waals surface area contributed by atoms with Gasteiger partial charge in [0.2, 0.25) is 0 Å². The van der Waals surface area contributed by atoms with Crippen molar-refractivity contribution in [1.82, 2.24) is 9.55 Å². The molecule has 0 amide bonds. The van der Waals surface area contributed by atoms with Crippen molar-refractivity contribution < 1.29 is 9.84 Å². The molecule has 1 N–H and O–H groups in total. The lowest BCUT2D eigenvalue weighted by Gasteiger charge is -2.15. The highest BCUT2D eigenvalue weighted by Crippen LogP contribution is 2.27. The van der Waals surface area contributed by atoms with E-state index >= 15 is 0 Å². The second kappa shape index (κ2) is 7.33. The highest BCUT2D eigenvalue weighted by Gasteiger charge is 2.15. The quantitative estimate of drug-likeness (QED) is 0.589. The van der Waals surface area contributed by atoms with E-state index in [0.717, 1.165) is 5.75 Å². The lowest BCUT2D eigenvalue weighted by atomic mass is 10.1. The molecular formula is C22H18N2O3. The molecule has 4 rings (SSSR count). The summed E-state index contributed by atoms with van der Waals surface area (Å²) in [5, 5.41) is 10.8. The van der Waals surface area contributed by atoms with E-state index in [9.17, 15) is 9.90 Å². The summed E-state index contributed by atoms with van der Waals surface area (Å²) in [7, 11) is 0. The monoisotopic (exact) mass is 358 g/mol.